The molecule has 0 N–H and O–H groups in total. The largest absolute Gasteiger partial charge is 0.327 e. The Morgan fingerprint density at radius 2 is 1.10 bits per heavy atom. The molecule has 0 spiro atoms. The maximum absolute atomic E-state index is 13.6. The molecule has 0 unspecified atom stereocenters. The Morgan fingerprint density at radius 3 is 1.52 bits per heavy atom. The van der Waals surface area contributed by atoms with Crippen molar-refractivity contribution in [2.24, 2.45) is 0 Å². The van der Waals surface area contributed by atoms with Gasteiger partial charge in [-0.2, -0.15) is 8.61 Å². The molecule has 1 atom stereocenters. The van der Waals surface area contributed by atoms with Crippen LogP contribution in [0.25, 0.3) is 22.1 Å². The highest BCUT2D eigenvalue weighted by Crippen LogP contribution is 2.31. The number of aryl methyl sites for hydroxylation is 3. The van der Waals surface area contributed by atoms with Gasteiger partial charge in [0.25, 0.3) is 0 Å². The van der Waals surface area contributed by atoms with Crippen molar-refractivity contribution in [2.45, 2.75) is 108 Å². The number of piperidine rings is 2. The van der Waals surface area contributed by atoms with Gasteiger partial charge in [0, 0.05) is 45.3 Å². The van der Waals surface area contributed by atoms with E-state index in [-0.39, 0.29) is 15.8 Å². The molecule has 3 aromatic carbocycles. The van der Waals surface area contributed by atoms with Crippen LogP contribution in [0, 0.1) is 6.92 Å². The minimum absolute atomic E-state index is 0.0125. The van der Waals surface area contributed by atoms with Gasteiger partial charge in [-0.3, -0.25) is 4.90 Å². The molecule has 2 fully saturated rings. The van der Waals surface area contributed by atoms with E-state index in [1.165, 1.54) is 11.1 Å². The van der Waals surface area contributed by atoms with Gasteiger partial charge in [-0.15, -0.1) is 0 Å². The van der Waals surface area contributed by atoms with Crippen LogP contribution in [0.3, 0.4) is 0 Å². The third-order valence-corrected chi connectivity index (χ3v) is 14.8. The molecule has 0 bridgehead atoms. The summed E-state index contributed by atoms with van der Waals surface area (Å²) in [7, 11) is -7.20. The fraction of sp³-hybridized carbons (Fsp3) is 0.487. The van der Waals surface area contributed by atoms with E-state index < -0.39 is 20.0 Å². The molecule has 0 saturated carbocycles. The maximum Gasteiger partial charge on any atom is 0.243 e. The smallest absolute Gasteiger partial charge is 0.243 e. The van der Waals surface area contributed by atoms with Crippen LogP contribution in [-0.4, -0.2) is 75.6 Å². The van der Waals surface area contributed by atoms with Crippen molar-refractivity contribution in [1.29, 1.82) is 0 Å². The zero-order chi connectivity index (χ0) is 36.6. The lowest BCUT2D eigenvalue weighted by molar-refractivity contribution is 0.177. The Hall–Kier alpha value is -3.62. The lowest BCUT2D eigenvalue weighted by atomic mass is 10.0. The van der Waals surface area contributed by atoms with Crippen LogP contribution in [0.1, 0.15) is 88.1 Å². The first-order valence-electron chi connectivity index (χ1n) is 18.8. The fourth-order valence-electron chi connectivity index (χ4n) is 8.04. The number of nitrogens with zero attached hydrogens (tertiary/aromatic N) is 7. The van der Waals surface area contributed by atoms with E-state index in [1.54, 1.807) is 32.9 Å². The lowest BCUT2D eigenvalue weighted by Gasteiger charge is -2.30. The molecule has 2 saturated heterocycles. The van der Waals surface area contributed by atoms with Gasteiger partial charge in [0.05, 0.1) is 44.9 Å². The Morgan fingerprint density at radius 1 is 0.654 bits per heavy atom. The molecular formula is C39H51N7O4S2. The van der Waals surface area contributed by atoms with E-state index in [2.05, 4.69) is 59.9 Å². The van der Waals surface area contributed by atoms with E-state index in [0.717, 1.165) is 61.2 Å². The van der Waals surface area contributed by atoms with E-state index in [0.29, 0.717) is 63.4 Å². The first-order valence-corrected chi connectivity index (χ1v) is 21.7. The highest BCUT2D eigenvalue weighted by molar-refractivity contribution is 7.89. The highest BCUT2D eigenvalue weighted by Gasteiger charge is 2.29. The Balaban J connectivity index is 1.26. The number of sulfonamides is 2. The molecule has 5 aromatic rings. The van der Waals surface area contributed by atoms with Gasteiger partial charge in [-0.05, 0) is 101 Å². The van der Waals surface area contributed by atoms with Gasteiger partial charge < -0.3 is 9.13 Å². The van der Waals surface area contributed by atoms with Crippen LogP contribution >= 0.6 is 0 Å². The maximum atomic E-state index is 13.6. The Labute approximate surface area is 308 Å². The number of imidazole rings is 2. The van der Waals surface area contributed by atoms with Gasteiger partial charge in [0.15, 0.2) is 0 Å². The quantitative estimate of drug-likeness (QED) is 0.137. The van der Waals surface area contributed by atoms with Crippen molar-refractivity contribution in [3.05, 3.63) is 83.4 Å². The molecule has 2 aliphatic rings. The van der Waals surface area contributed by atoms with Crippen LogP contribution in [0.5, 0.6) is 0 Å². The molecule has 52 heavy (non-hydrogen) atoms. The third kappa shape index (κ3) is 6.93. The predicted octanol–water partition coefficient (Wildman–Crippen LogP) is 6.85. The molecule has 7 rings (SSSR count). The molecule has 2 aliphatic heterocycles. The molecule has 4 heterocycles. The summed E-state index contributed by atoms with van der Waals surface area (Å²) in [6, 6.07) is 19.1. The average molecular weight is 746 g/mol. The summed E-state index contributed by atoms with van der Waals surface area (Å²) in [6.07, 6.45) is 5.66. The highest BCUT2D eigenvalue weighted by atomic mass is 32.2. The number of aromatic nitrogens is 4. The van der Waals surface area contributed by atoms with Crippen LogP contribution in [0.15, 0.2) is 70.5 Å². The van der Waals surface area contributed by atoms with Gasteiger partial charge in [0.2, 0.25) is 20.0 Å². The van der Waals surface area contributed by atoms with Crippen LogP contribution in [0.4, 0.5) is 0 Å². The Bertz CT molecular complexity index is 2150. The molecule has 0 amide bonds. The molecular weight excluding hydrogens is 695 g/mol. The van der Waals surface area contributed by atoms with E-state index in [9.17, 15) is 16.8 Å². The van der Waals surface area contributed by atoms with Crippen LogP contribution in [0.2, 0.25) is 0 Å². The van der Waals surface area contributed by atoms with Gasteiger partial charge in [-0.1, -0.05) is 37.1 Å². The molecule has 13 heteroatoms. The van der Waals surface area contributed by atoms with Crippen molar-refractivity contribution >= 4 is 42.1 Å². The first kappa shape index (κ1) is 36.7. The van der Waals surface area contributed by atoms with Gasteiger partial charge in [0.1, 0.15) is 11.6 Å². The molecule has 2 aromatic heterocycles. The number of rotatable bonds is 12. The normalized spacial score (nSPS) is 17.4. The van der Waals surface area contributed by atoms with Crippen molar-refractivity contribution in [3.63, 3.8) is 0 Å². The summed E-state index contributed by atoms with van der Waals surface area (Å²) in [4.78, 5) is 13.1. The molecule has 278 valence electrons. The second-order valence-electron chi connectivity index (χ2n) is 14.2. The number of hydrogen-bond acceptors (Lipinski definition) is 7. The van der Waals surface area contributed by atoms with Crippen LogP contribution < -0.4 is 0 Å². The summed E-state index contributed by atoms with van der Waals surface area (Å²) in [5.41, 5.74) is 5.53. The first-order chi connectivity index (χ1) is 25.0. The standard InChI is InChI=1S/C39H51N7O4S2/c1-5-45-36-19-17-31(51(47,48)43-21-11-7-12-22-43)25-34(36)40-38(45)27-42(30(4)33-16-10-9-15-29(33)3)28-39-41-35-26-32(18-20-37(35)46(39)6-2)52(49,50)44-23-13-8-14-24-44/h9-10,15-20,25-26,30H,5-8,11-14,21-24,27-28H2,1-4H3/t30-/m1/s1. The summed E-state index contributed by atoms with van der Waals surface area (Å²) >= 11 is 0. The van der Waals surface area contributed by atoms with Crippen molar-refractivity contribution in [2.75, 3.05) is 26.2 Å². The monoisotopic (exact) mass is 745 g/mol. The van der Waals surface area contributed by atoms with Crippen molar-refractivity contribution in [3.8, 4) is 0 Å². The van der Waals surface area contributed by atoms with Crippen molar-refractivity contribution in [1.82, 2.24) is 32.6 Å². The number of hydrogen-bond donors (Lipinski definition) is 0. The minimum atomic E-state index is -3.60. The van der Waals surface area contributed by atoms with Crippen molar-refractivity contribution < 1.29 is 16.8 Å². The van der Waals surface area contributed by atoms with E-state index in [1.807, 2.05) is 18.2 Å². The van der Waals surface area contributed by atoms with E-state index in [4.69, 9.17) is 9.97 Å². The average Bonchev–Trinajstić information content (AvgIpc) is 3.70. The summed E-state index contributed by atoms with van der Waals surface area (Å²) in [6.45, 7) is 13.1. The number of benzene rings is 3. The summed E-state index contributed by atoms with van der Waals surface area (Å²) in [5.74, 6) is 1.69. The molecule has 0 radical (unpaired) electrons. The minimum Gasteiger partial charge on any atom is -0.327 e. The third-order valence-electron chi connectivity index (χ3n) is 11.0. The lowest BCUT2D eigenvalue weighted by Crippen LogP contribution is -2.35. The Kier molecular flexibility index (Phi) is 10.6. The van der Waals surface area contributed by atoms with E-state index >= 15 is 0 Å². The SMILES string of the molecule is CCn1c(CN(Cc2nc3cc(S(=O)(=O)N4CCCCC4)ccc3n2CC)[C@H](C)c2ccccc2C)nc2cc(S(=O)(=O)N3CCCCC3)ccc21. The fourth-order valence-corrected chi connectivity index (χ4v) is 11.1. The van der Waals surface area contributed by atoms with Gasteiger partial charge >= 0.3 is 0 Å². The topological polar surface area (TPSA) is 114 Å². The summed E-state index contributed by atoms with van der Waals surface area (Å²) < 4.78 is 61.9. The summed E-state index contributed by atoms with van der Waals surface area (Å²) in [5, 5.41) is 0. The molecule has 0 aliphatic carbocycles. The predicted molar refractivity (Wildman–Crippen MR) is 205 cm³/mol. The second-order valence-corrected chi connectivity index (χ2v) is 18.1. The molecule has 11 nitrogen and oxygen atoms in total. The second kappa shape index (κ2) is 15.0. The zero-order valence-electron chi connectivity index (χ0n) is 30.8. The van der Waals surface area contributed by atoms with Crippen LogP contribution in [-0.2, 0) is 46.2 Å². The number of fused-ring (bicyclic) bond motifs is 2. The van der Waals surface area contributed by atoms with Gasteiger partial charge in [-0.25, -0.2) is 26.8 Å². The zero-order valence-corrected chi connectivity index (χ0v) is 32.5.